The molecule has 0 aromatic heterocycles. The fraction of sp³-hybridized carbons (Fsp3) is 0. The molecular formula is C15H10F2O. The molecule has 0 saturated carbocycles. The van der Waals surface area contributed by atoms with Crippen molar-refractivity contribution in [1.29, 1.82) is 0 Å². The number of carbonyl (C=O) groups is 1. The highest BCUT2D eigenvalue weighted by molar-refractivity contribution is 6.09. The minimum absolute atomic E-state index is 0.0549. The number of halogens is 2. The van der Waals surface area contributed by atoms with Gasteiger partial charge in [-0.25, -0.2) is 8.78 Å². The summed E-state index contributed by atoms with van der Waals surface area (Å²) >= 11 is 0. The van der Waals surface area contributed by atoms with Gasteiger partial charge >= 0.3 is 0 Å². The largest absolute Gasteiger partial charge is 0.286 e. The lowest BCUT2D eigenvalue weighted by molar-refractivity contribution is 0.101. The number of rotatable bonds is 3. The first kappa shape index (κ1) is 12.2. The van der Waals surface area contributed by atoms with E-state index in [1.165, 1.54) is 30.3 Å². The highest BCUT2D eigenvalue weighted by atomic mass is 19.1. The van der Waals surface area contributed by atoms with E-state index in [9.17, 15) is 13.6 Å². The summed E-state index contributed by atoms with van der Waals surface area (Å²) in [5, 5.41) is 0. The van der Waals surface area contributed by atoms with Gasteiger partial charge < -0.3 is 0 Å². The first-order chi connectivity index (χ1) is 8.68. The Kier molecular flexibility index (Phi) is 3.63. The molecule has 0 bridgehead atoms. The van der Waals surface area contributed by atoms with E-state index in [0.29, 0.717) is 0 Å². The van der Waals surface area contributed by atoms with Crippen LogP contribution in [0.1, 0.15) is 15.9 Å². The Morgan fingerprint density at radius 1 is 0.944 bits per heavy atom. The molecule has 0 fully saturated rings. The van der Waals surface area contributed by atoms with Crippen molar-refractivity contribution in [2.45, 2.75) is 0 Å². The summed E-state index contributed by atoms with van der Waals surface area (Å²) in [5.74, 6) is -2.29. The normalized spacial score (nSPS) is 11.3. The number of Topliss-reactive ketones (excluding diaryl/α,β-unsaturated/α-hetero) is 1. The van der Waals surface area contributed by atoms with Crippen LogP contribution in [0.2, 0.25) is 0 Å². The quantitative estimate of drug-likeness (QED) is 0.588. The summed E-state index contributed by atoms with van der Waals surface area (Å²) in [6.45, 7) is 0. The van der Waals surface area contributed by atoms with Crippen molar-refractivity contribution in [1.82, 2.24) is 0 Å². The molecule has 0 radical (unpaired) electrons. The van der Waals surface area contributed by atoms with Gasteiger partial charge in [0.15, 0.2) is 5.83 Å². The molecule has 0 aliphatic rings. The van der Waals surface area contributed by atoms with E-state index >= 15 is 0 Å². The Hall–Kier alpha value is -2.29. The zero-order chi connectivity index (χ0) is 13.0. The van der Waals surface area contributed by atoms with E-state index in [1.807, 2.05) is 0 Å². The highest BCUT2D eigenvalue weighted by Crippen LogP contribution is 2.16. The van der Waals surface area contributed by atoms with Crippen LogP contribution in [-0.2, 0) is 0 Å². The van der Waals surface area contributed by atoms with Crippen LogP contribution in [0.15, 0.2) is 60.4 Å². The minimum atomic E-state index is -0.980. The van der Waals surface area contributed by atoms with Crippen molar-refractivity contribution in [3.8, 4) is 0 Å². The second-order valence-corrected chi connectivity index (χ2v) is 3.71. The zero-order valence-electron chi connectivity index (χ0n) is 9.44. The van der Waals surface area contributed by atoms with Gasteiger partial charge in [0.25, 0.3) is 0 Å². The van der Waals surface area contributed by atoms with Crippen LogP contribution in [0, 0.1) is 5.82 Å². The number of benzene rings is 2. The van der Waals surface area contributed by atoms with Crippen molar-refractivity contribution in [3.63, 3.8) is 0 Å². The van der Waals surface area contributed by atoms with Crippen LogP contribution >= 0.6 is 0 Å². The van der Waals surface area contributed by atoms with Crippen LogP contribution in [0.4, 0.5) is 8.78 Å². The number of hydrogen-bond donors (Lipinski definition) is 0. The number of ketones is 1. The van der Waals surface area contributed by atoms with E-state index < -0.39 is 17.4 Å². The van der Waals surface area contributed by atoms with Crippen LogP contribution in [-0.4, -0.2) is 5.78 Å². The molecule has 0 unspecified atom stereocenters. The van der Waals surface area contributed by atoms with Crippen molar-refractivity contribution in [2.24, 2.45) is 0 Å². The van der Waals surface area contributed by atoms with Crippen LogP contribution in [0.3, 0.4) is 0 Å². The molecule has 3 heteroatoms. The summed E-state index contributed by atoms with van der Waals surface area (Å²) in [4.78, 5) is 11.7. The lowest BCUT2D eigenvalue weighted by Crippen LogP contribution is -1.99. The molecule has 0 atom stereocenters. The molecular weight excluding hydrogens is 234 g/mol. The number of carbonyl (C=O) groups excluding carboxylic acids is 1. The number of hydrogen-bond acceptors (Lipinski definition) is 1. The smallest absolute Gasteiger partial charge is 0.221 e. The Morgan fingerprint density at radius 3 is 2.22 bits per heavy atom. The molecule has 0 saturated heterocycles. The van der Waals surface area contributed by atoms with E-state index in [1.54, 1.807) is 24.3 Å². The lowest BCUT2D eigenvalue weighted by atomic mass is 10.1. The predicted molar refractivity (Wildman–Crippen MR) is 66.3 cm³/mol. The molecule has 0 amide bonds. The van der Waals surface area contributed by atoms with Gasteiger partial charge in [-0.1, -0.05) is 48.5 Å². The van der Waals surface area contributed by atoms with Gasteiger partial charge in [0.05, 0.1) is 0 Å². The lowest BCUT2D eigenvalue weighted by Gasteiger charge is -1.99. The summed E-state index contributed by atoms with van der Waals surface area (Å²) in [7, 11) is 0. The third-order valence-electron chi connectivity index (χ3n) is 2.44. The third-order valence-corrected chi connectivity index (χ3v) is 2.44. The first-order valence-electron chi connectivity index (χ1n) is 5.40. The van der Waals surface area contributed by atoms with Crippen molar-refractivity contribution in [2.75, 3.05) is 0 Å². The van der Waals surface area contributed by atoms with Crippen LogP contribution < -0.4 is 0 Å². The summed E-state index contributed by atoms with van der Waals surface area (Å²) < 4.78 is 27.0. The van der Waals surface area contributed by atoms with Gasteiger partial charge in [0.2, 0.25) is 5.78 Å². The molecule has 2 rings (SSSR count). The first-order valence-corrected chi connectivity index (χ1v) is 5.40. The zero-order valence-corrected chi connectivity index (χ0v) is 9.44. The Bertz CT molecular complexity index is 588. The van der Waals surface area contributed by atoms with Crippen LogP contribution in [0.5, 0.6) is 0 Å². The SMILES string of the molecule is O=C(/C(F)=C/c1ccccc1F)c1ccccc1. The summed E-state index contributed by atoms with van der Waals surface area (Å²) in [6.07, 6.45) is 0.907. The monoisotopic (exact) mass is 244 g/mol. The van der Waals surface area contributed by atoms with E-state index in [4.69, 9.17) is 0 Å². The van der Waals surface area contributed by atoms with Gasteiger partial charge in [0.1, 0.15) is 5.82 Å². The molecule has 2 aromatic rings. The van der Waals surface area contributed by atoms with Gasteiger partial charge in [0, 0.05) is 11.1 Å². The predicted octanol–water partition coefficient (Wildman–Crippen LogP) is 4.02. The highest BCUT2D eigenvalue weighted by Gasteiger charge is 2.12. The molecule has 0 aliphatic carbocycles. The maximum Gasteiger partial charge on any atom is 0.221 e. The van der Waals surface area contributed by atoms with Crippen molar-refractivity contribution >= 4 is 11.9 Å². The van der Waals surface area contributed by atoms with Gasteiger partial charge in [-0.3, -0.25) is 4.79 Å². The molecule has 18 heavy (non-hydrogen) atoms. The van der Waals surface area contributed by atoms with Gasteiger partial charge in [-0.2, -0.15) is 0 Å². The molecule has 0 heterocycles. The minimum Gasteiger partial charge on any atom is -0.286 e. The summed E-state index contributed by atoms with van der Waals surface area (Å²) in [6, 6.07) is 13.7. The van der Waals surface area contributed by atoms with E-state index in [-0.39, 0.29) is 11.1 Å². The molecule has 1 nitrogen and oxygen atoms in total. The van der Waals surface area contributed by atoms with Crippen molar-refractivity contribution in [3.05, 3.63) is 77.4 Å². The fourth-order valence-electron chi connectivity index (χ4n) is 1.52. The topological polar surface area (TPSA) is 17.1 Å². The average Bonchev–Trinajstić information content (AvgIpc) is 2.41. The second-order valence-electron chi connectivity index (χ2n) is 3.71. The Balaban J connectivity index is 2.30. The van der Waals surface area contributed by atoms with Crippen LogP contribution in [0.25, 0.3) is 6.08 Å². The van der Waals surface area contributed by atoms with Crippen molar-refractivity contribution < 1.29 is 13.6 Å². The molecule has 0 N–H and O–H groups in total. The molecule has 0 aliphatic heterocycles. The maximum absolute atomic E-state index is 13.7. The molecule has 90 valence electrons. The Morgan fingerprint density at radius 2 is 1.56 bits per heavy atom. The van der Waals surface area contributed by atoms with E-state index in [2.05, 4.69) is 0 Å². The standard InChI is InChI=1S/C15H10F2O/c16-13-9-5-4-8-12(13)10-14(17)15(18)11-6-2-1-3-7-11/h1-10H/b14-10-. The summed E-state index contributed by atoms with van der Waals surface area (Å²) in [5.41, 5.74) is 0.293. The molecule has 0 spiro atoms. The third kappa shape index (κ3) is 2.69. The van der Waals surface area contributed by atoms with Gasteiger partial charge in [-0.05, 0) is 12.1 Å². The maximum atomic E-state index is 13.7. The fourth-order valence-corrected chi connectivity index (χ4v) is 1.52. The molecule has 2 aromatic carbocycles. The number of allylic oxidation sites excluding steroid dienone is 1. The average molecular weight is 244 g/mol. The van der Waals surface area contributed by atoms with E-state index in [0.717, 1.165) is 6.08 Å². The Labute approximate surface area is 103 Å². The van der Waals surface area contributed by atoms with Gasteiger partial charge in [-0.15, -0.1) is 0 Å². The second kappa shape index (κ2) is 5.36.